The van der Waals surface area contributed by atoms with Crippen LogP contribution >= 0.6 is 12.4 Å². The van der Waals surface area contributed by atoms with E-state index < -0.39 is 0 Å². The van der Waals surface area contributed by atoms with Crippen LogP contribution in [-0.2, 0) is 11.2 Å². The number of hydrogen-bond acceptors (Lipinski definition) is 3. The monoisotopic (exact) mass is 387 g/mol. The van der Waals surface area contributed by atoms with Crippen LogP contribution in [0.25, 0.3) is 0 Å². The SMILES string of the molecule is Cl.NC1CCC(C(=O)Nc2ccc(C(=O)NCCc3ccccc3)cc2)C1. The Morgan fingerprint density at radius 1 is 1.00 bits per heavy atom. The van der Waals surface area contributed by atoms with E-state index in [0.717, 1.165) is 25.7 Å². The molecule has 1 saturated carbocycles. The van der Waals surface area contributed by atoms with E-state index in [0.29, 0.717) is 17.8 Å². The van der Waals surface area contributed by atoms with Gasteiger partial charge in [0, 0.05) is 29.8 Å². The predicted octanol–water partition coefficient (Wildman–Crippen LogP) is 3.15. The first-order valence-corrected chi connectivity index (χ1v) is 9.10. The van der Waals surface area contributed by atoms with E-state index in [1.807, 2.05) is 30.3 Å². The summed E-state index contributed by atoms with van der Waals surface area (Å²) in [5.74, 6) is -0.107. The second-order valence-electron chi connectivity index (χ2n) is 6.83. The molecular weight excluding hydrogens is 362 g/mol. The first-order chi connectivity index (χ1) is 12.6. The number of benzene rings is 2. The standard InChI is InChI=1S/C21H25N3O2.ClH/c22-18-9-6-17(14-18)21(26)24-19-10-7-16(8-11-19)20(25)23-13-12-15-4-2-1-3-5-15;/h1-5,7-8,10-11,17-18H,6,9,12-14,22H2,(H,23,25)(H,24,26);1H. The van der Waals surface area contributed by atoms with Crippen molar-refractivity contribution >= 4 is 29.9 Å². The van der Waals surface area contributed by atoms with E-state index in [2.05, 4.69) is 10.6 Å². The van der Waals surface area contributed by atoms with Gasteiger partial charge in [-0.15, -0.1) is 12.4 Å². The second kappa shape index (κ2) is 10.1. The summed E-state index contributed by atoms with van der Waals surface area (Å²) >= 11 is 0. The molecule has 4 N–H and O–H groups in total. The van der Waals surface area contributed by atoms with Crippen molar-refractivity contribution in [3.63, 3.8) is 0 Å². The number of nitrogens with two attached hydrogens (primary N) is 1. The first-order valence-electron chi connectivity index (χ1n) is 9.10. The van der Waals surface area contributed by atoms with E-state index in [9.17, 15) is 9.59 Å². The minimum atomic E-state index is -0.111. The highest BCUT2D eigenvalue weighted by molar-refractivity contribution is 5.96. The molecule has 6 heteroatoms. The second-order valence-corrected chi connectivity index (χ2v) is 6.83. The van der Waals surface area contributed by atoms with Crippen molar-refractivity contribution in [1.82, 2.24) is 5.32 Å². The fourth-order valence-electron chi connectivity index (χ4n) is 3.27. The Balaban J connectivity index is 0.00000261. The Labute approximate surface area is 166 Å². The van der Waals surface area contributed by atoms with Crippen molar-refractivity contribution in [2.75, 3.05) is 11.9 Å². The largest absolute Gasteiger partial charge is 0.352 e. The molecule has 144 valence electrons. The van der Waals surface area contributed by atoms with E-state index in [-0.39, 0.29) is 36.2 Å². The van der Waals surface area contributed by atoms with E-state index in [4.69, 9.17) is 5.73 Å². The molecule has 0 aromatic heterocycles. The summed E-state index contributed by atoms with van der Waals surface area (Å²) in [6, 6.07) is 17.2. The number of carbonyl (C=O) groups is 2. The third-order valence-electron chi connectivity index (χ3n) is 4.80. The fraction of sp³-hybridized carbons (Fsp3) is 0.333. The molecule has 2 unspecified atom stereocenters. The molecule has 1 fully saturated rings. The zero-order valence-corrected chi connectivity index (χ0v) is 16.0. The first kappa shape index (κ1) is 20.9. The van der Waals surface area contributed by atoms with Crippen LogP contribution in [0.2, 0.25) is 0 Å². The summed E-state index contributed by atoms with van der Waals surface area (Å²) in [5.41, 5.74) is 8.34. The maximum absolute atomic E-state index is 12.2. The quantitative estimate of drug-likeness (QED) is 0.711. The molecular formula is C21H26ClN3O2. The third kappa shape index (κ3) is 6.08. The van der Waals surface area contributed by atoms with Crippen LogP contribution in [0.15, 0.2) is 54.6 Å². The molecule has 2 amide bonds. The van der Waals surface area contributed by atoms with E-state index >= 15 is 0 Å². The van der Waals surface area contributed by atoms with Crippen LogP contribution in [0.4, 0.5) is 5.69 Å². The van der Waals surface area contributed by atoms with Gasteiger partial charge in [0.2, 0.25) is 5.91 Å². The van der Waals surface area contributed by atoms with Crippen molar-refractivity contribution in [2.45, 2.75) is 31.7 Å². The minimum Gasteiger partial charge on any atom is -0.352 e. The predicted molar refractivity (Wildman–Crippen MR) is 110 cm³/mol. The molecule has 0 bridgehead atoms. The molecule has 1 aliphatic rings. The van der Waals surface area contributed by atoms with Crippen molar-refractivity contribution in [3.8, 4) is 0 Å². The summed E-state index contributed by atoms with van der Waals surface area (Å²) in [4.78, 5) is 24.4. The van der Waals surface area contributed by atoms with Crippen LogP contribution in [0.3, 0.4) is 0 Å². The molecule has 0 saturated heterocycles. The summed E-state index contributed by atoms with van der Waals surface area (Å²) in [6.45, 7) is 0.587. The zero-order chi connectivity index (χ0) is 18.4. The number of halogens is 1. The van der Waals surface area contributed by atoms with Gasteiger partial charge in [0.05, 0.1) is 0 Å². The maximum atomic E-state index is 12.2. The Morgan fingerprint density at radius 3 is 2.33 bits per heavy atom. The summed E-state index contributed by atoms with van der Waals surface area (Å²) in [5, 5.41) is 5.83. The smallest absolute Gasteiger partial charge is 0.251 e. The summed E-state index contributed by atoms with van der Waals surface area (Å²) in [7, 11) is 0. The van der Waals surface area contributed by atoms with E-state index in [1.54, 1.807) is 24.3 Å². The highest BCUT2D eigenvalue weighted by atomic mass is 35.5. The maximum Gasteiger partial charge on any atom is 0.251 e. The Morgan fingerprint density at radius 2 is 1.70 bits per heavy atom. The van der Waals surface area contributed by atoms with Crippen molar-refractivity contribution in [2.24, 2.45) is 11.7 Å². The van der Waals surface area contributed by atoms with Gasteiger partial charge in [-0.2, -0.15) is 0 Å². The normalized spacial score (nSPS) is 18.4. The van der Waals surface area contributed by atoms with Gasteiger partial charge in [0.25, 0.3) is 5.91 Å². The lowest BCUT2D eigenvalue weighted by Crippen LogP contribution is -2.26. The van der Waals surface area contributed by atoms with Crippen LogP contribution in [0.1, 0.15) is 35.2 Å². The molecule has 0 aliphatic heterocycles. The Kier molecular flexibility index (Phi) is 7.82. The molecule has 2 aromatic carbocycles. The Hall–Kier alpha value is -2.37. The molecule has 0 radical (unpaired) electrons. The zero-order valence-electron chi connectivity index (χ0n) is 15.2. The molecule has 3 rings (SSSR count). The van der Waals surface area contributed by atoms with Crippen LogP contribution in [0.5, 0.6) is 0 Å². The lowest BCUT2D eigenvalue weighted by molar-refractivity contribution is -0.119. The fourth-order valence-corrected chi connectivity index (χ4v) is 3.27. The average Bonchev–Trinajstić information content (AvgIpc) is 3.10. The van der Waals surface area contributed by atoms with Crippen molar-refractivity contribution in [3.05, 3.63) is 65.7 Å². The van der Waals surface area contributed by atoms with Gasteiger partial charge in [-0.3, -0.25) is 9.59 Å². The van der Waals surface area contributed by atoms with Crippen molar-refractivity contribution < 1.29 is 9.59 Å². The molecule has 2 aromatic rings. The number of hydrogen-bond donors (Lipinski definition) is 3. The highest BCUT2D eigenvalue weighted by Crippen LogP contribution is 2.25. The van der Waals surface area contributed by atoms with Gasteiger partial charge in [0.15, 0.2) is 0 Å². The molecule has 0 spiro atoms. The molecule has 5 nitrogen and oxygen atoms in total. The van der Waals surface area contributed by atoms with Gasteiger partial charge < -0.3 is 16.4 Å². The third-order valence-corrected chi connectivity index (χ3v) is 4.80. The van der Waals surface area contributed by atoms with Gasteiger partial charge in [0.1, 0.15) is 0 Å². The molecule has 0 heterocycles. The topological polar surface area (TPSA) is 84.2 Å². The van der Waals surface area contributed by atoms with Gasteiger partial charge in [-0.1, -0.05) is 30.3 Å². The Bertz CT molecular complexity index is 750. The van der Waals surface area contributed by atoms with Gasteiger partial charge in [-0.05, 0) is 55.5 Å². The number of amides is 2. The number of rotatable bonds is 6. The van der Waals surface area contributed by atoms with Crippen molar-refractivity contribution in [1.29, 1.82) is 0 Å². The van der Waals surface area contributed by atoms with Crippen LogP contribution in [0, 0.1) is 5.92 Å². The van der Waals surface area contributed by atoms with Crippen LogP contribution < -0.4 is 16.4 Å². The lowest BCUT2D eigenvalue weighted by atomic mass is 10.1. The lowest BCUT2D eigenvalue weighted by Gasteiger charge is -2.11. The number of nitrogens with one attached hydrogen (secondary N) is 2. The molecule has 27 heavy (non-hydrogen) atoms. The summed E-state index contributed by atoms with van der Waals surface area (Å²) in [6.07, 6.45) is 3.28. The molecule has 1 aliphatic carbocycles. The number of carbonyl (C=O) groups excluding carboxylic acids is 2. The van der Waals surface area contributed by atoms with Crippen LogP contribution in [-0.4, -0.2) is 24.4 Å². The highest BCUT2D eigenvalue weighted by Gasteiger charge is 2.27. The van der Waals surface area contributed by atoms with E-state index in [1.165, 1.54) is 5.56 Å². The summed E-state index contributed by atoms with van der Waals surface area (Å²) < 4.78 is 0. The minimum absolute atomic E-state index is 0. The van der Waals surface area contributed by atoms with Gasteiger partial charge in [-0.25, -0.2) is 0 Å². The molecule has 2 atom stereocenters. The number of anilines is 1. The van der Waals surface area contributed by atoms with Gasteiger partial charge >= 0.3 is 0 Å². The average molecular weight is 388 g/mol.